The van der Waals surface area contributed by atoms with Gasteiger partial charge in [0.25, 0.3) is 0 Å². The molecular weight excluding hydrogens is 302 g/mol. The summed E-state index contributed by atoms with van der Waals surface area (Å²) in [5.74, 6) is -0.383. The van der Waals surface area contributed by atoms with Crippen LogP contribution in [0.3, 0.4) is 0 Å². The van der Waals surface area contributed by atoms with E-state index in [4.69, 9.17) is 0 Å². The Morgan fingerprint density at radius 3 is 2.50 bits per heavy atom. The average molecular weight is 325 g/mol. The molecule has 0 aliphatic rings. The number of amides is 1. The third-order valence-electron chi connectivity index (χ3n) is 3.10. The monoisotopic (exact) mass is 325 g/mol. The number of nitrogens with one attached hydrogen (secondary N) is 1. The second kappa shape index (κ2) is 7.42. The van der Waals surface area contributed by atoms with Gasteiger partial charge in [-0.15, -0.1) is 6.58 Å². The van der Waals surface area contributed by atoms with E-state index in [1.165, 1.54) is 14.1 Å². The molecule has 1 N–H and O–H groups in total. The van der Waals surface area contributed by atoms with Crippen molar-refractivity contribution < 1.29 is 13.2 Å². The zero-order valence-electron chi connectivity index (χ0n) is 13.5. The summed E-state index contributed by atoms with van der Waals surface area (Å²) in [6.45, 7) is 7.22. The lowest BCUT2D eigenvalue weighted by Crippen LogP contribution is -2.46. The number of nitrogens with zero attached hydrogens (tertiary/aromatic N) is 2. The Balaban J connectivity index is 3.26. The molecule has 0 radical (unpaired) electrons. The van der Waals surface area contributed by atoms with Crippen LogP contribution in [0.5, 0.6) is 0 Å². The fourth-order valence-electron chi connectivity index (χ4n) is 1.85. The van der Waals surface area contributed by atoms with E-state index >= 15 is 0 Å². The van der Waals surface area contributed by atoms with Crippen LogP contribution in [-0.2, 0) is 15.0 Å². The van der Waals surface area contributed by atoms with Crippen LogP contribution in [0.4, 0.5) is 5.69 Å². The third kappa shape index (κ3) is 4.32. The molecule has 0 aliphatic heterocycles. The summed E-state index contributed by atoms with van der Waals surface area (Å²) >= 11 is 0. The number of aryl methyl sites for hydroxylation is 2. The maximum atomic E-state index is 12.6. The summed E-state index contributed by atoms with van der Waals surface area (Å²) in [6, 6.07) is 5.50. The maximum absolute atomic E-state index is 12.6. The van der Waals surface area contributed by atoms with Gasteiger partial charge in [0.15, 0.2) is 0 Å². The van der Waals surface area contributed by atoms with Crippen LogP contribution in [0.25, 0.3) is 0 Å². The number of carbonyl (C=O) groups excluding carboxylic acids is 1. The standard InChI is InChI=1S/C15H23N3O3S/c1-6-9-16-15(19)11-18(22(20,21)17(4)5)14-10-12(2)7-8-13(14)3/h6-8,10H,1,9,11H2,2-5H3,(H,16,19). The summed E-state index contributed by atoms with van der Waals surface area (Å²) in [4.78, 5) is 12.0. The van der Waals surface area contributed by atoms with Crippen LogP contribution in [0.15, 0.2) is 30.9 Å². The van der Waals surface area contributed by atoms with E-state index in [0.29, 0.717) is 12.2 Å². The van der Waals surface area contributed by atoms with Gasteiger partial charge in [-0.2, -0.15) is 12.7 Å². The molecule has 0 spiro atoms. The highest BCUT2D eigenvalue weighted by Gasteiger charge is 2.28. The van der Waals surface area contributed by atoms with E-state index in [1.54, 1.807) is 12.1 Å². The fourth-order valence-corrected chi connectivity index (χ4v) is 2.97. The molecule has 0 heterocycles. The highest BCUT2D eigenvalue weighted by atomic mass is 32.2. The highest BCUT2D eigenvalue weighted by molar-refractivity contribution is 7.90. The molecule has 0 bridgehead atoms. The van der Waals surface area contributed by atoms with E-state index in [2.05, 4.69) is 11.9 Å². The summed E-state index contributed by atoms with van der Waals surface area (Å²) in [7, 11) is -0.892. The minimum Gasteiger partial charge on any atom is -0.351 e. The number of hydrogen-bond acceptors (Lipinski definition) is 3. The number of rotatable bonds is 7. The zero-order chi connectivity index (χ0) is 16.9. The topological polar surface area (TPSA) is 69.7 Å². The van der Waals surface area contributed by atoms with Crippen molar-refractivity contribution >= 4 is 21.8 Å². The molecule has 0 aromatic heterocycles. The number of anilines is 1. The van der Waals surface area contributed by atoms with Crippen LogP contribution >= 0.6 is 0 Å². The summed E-state index contributed by atoms with van der Waals surface area (Å²) in [6.07, 6.45) is 1.54. The highest BCUT2D eigenvalue weighted by Crippen LogP contribution is 2.25. The van der Waals surface area contributed by atoms with E-state index in [9.17, 15) is 13.2 Å². The first-order valence-corrected chi connectivity index (χ1v) is 8.25. The van der Waals surface area contributed by atoms with Crippen molar-refractivity contribution in [3.63, 3.8) is 0 Å². The van der Waals surface area contributed by atoms with Crippen LogP contribution < -0.4 is 9.62 Å². The van der Waals surface area contributed by atoms with Crippen LogP contribution in [-0.4, -0.2) is 45.8 Å². The molecule has 6 nitrogen and oxygen atoms in total. The quantitative estimate of drug-likeness (QED) is 0.766. The molecule has 1 aromatic carbocycles. The molecule has 0 aliphatic carbocycles. The normalized spacial score (nSPS) is 11.3. The fraction of sp³-hybridized carbons (Fsp3) is 0.400. The van der Waals surface area contributed by atoms with Crippen molar-refractivity contribution in [1.82, 2.24) is 9.62 Å². The molecule has 7 heteroatoms. The van der Waals surface area contributed by atoms with Crippen molar-refractivity contribution in [1.29, 1.82) is 0 Å². The molecule has 22 heavy (non-hydrogen) atoms. The molecule has 1 aromatic rings. The van der Waals surface area contributed by atoms with Gasteiger partial charge < -0.3 is 5.32 Å². The predicted molar refractivity (Wildman–Crippen MR) is 89.1 cm³/mol. The first kappa shape index (κ1) is 18.2. The minimum atomic E-state index is -3.77. The van der Waals surface area contributed by atoms with Crippen molar-refractivity contribution in [2.45, 2.75) is 13.8 Å². The van der Waals surface area contributed by atoms with Gasteiger partial charge in [0, 0.05) is 20.6 Å². The molecule has 0 saturated heterocycles. The van der Waals surface area contributed by atoms with Crippen LogP contribution in [0.1, 0.15) is 11.1 Å². The van der Waals surface area contributed by atoms with Gasteiger partial charge >= 0.3 is 10.2 Å². The Labute approximate surface area is 132 Å². The number of carbonyl (C=O) groups is 1. The Bertz CT molecular complexity index is 654. The largest absolute Gasteiger partial charge is 0.351 e. The smallest absolute Gasteiger partial charge is 0.304 e. The first-order valence-electron chi connectivity index (χ1n) is 6.85. The molecule has 0 fully saturated rings. The number of hydrogen-bond donors (Lipinski definition) is 1. The minimum absolute atomic E-state index is 0.279. The first-order chi connectivity index (χ1) is 10.2. The average Bonchev–Trinajstić information content (AvgIpc) is 2.45. The molecule has 0 saturated carbocycles. The van der Waals surface area contributed by atoms with Crippen LogP contribution in [0, 0.1) is 13.8 Å². The van der Waals surface area contributed by atoms with E-state index in [1.807, 2.05) is 26.0 Å². The lowest BCUT2D eigenvalue weighted by atomic mass is 10.1. The van der Waals surface area contributed by atoms with E-state index in [-0.39, 0.29) is 12.5 Å². The SMILES string of the molecule is C=CCNC(=O)CN(c1cc(C)ccc1C)S(=O)(=O)N(C)C. The van der Waals surface area contributed by atoms with E-state index in [0.717, 1.165) is 19.7 Å². The second-order valence-corrected chi connectivity index (χ2v) is 7.25. The van der Waals surface area contributed by atoms with Crippen molar-refractivity contribution in [3.8, 4) is 0 Å². The van der Waals surface area contributed by atoms with Gasteiger partial charge in [0.2, 0.25) is 5.91 Å². The zero-order valence-corrected chi connectivity index (χ0v) is 14.3. The van der Waals surface area contributed by atoms with Gasteiger partial charge in [0.1, 0.15) is 6.54 Å². The Hall–Kier alpha value is -1.86. The van der Waals surface area contributed by atoms with Crippen molar-refractivity contribution in [2.75, 3.05) is 31.5 Å². The molecule has 122 valence electrons. The van der Waals surface area contributed by atoms with Gasteiger partial charge in [-0.3, -0.25) is 4.79 Å². The van der Waals surface area contributed by atoms with Gasteiger partial charge in [-0.1, -0.05) is 18.2 Å². The molecule has 1 rings (SSSR count). The number of benzene rings is 1. The predicted octanol–water partition coefficient (Wildman–Crippen LogP) is 1.22. The van der Waals surface area contributed by atoms with Crippen molar-refractivity contribution in [2.24, 2.45) is 0 Å². The van der Waals surface area contributed by atoms with Crippen molar-refractivity contribution in [3.05, 3.63) is 42.0 Å². The molecule has 0 atom stereocenters. The van der Waals surface area contributed by atoms with Crippen LogP contribution in [0.2, 0.25) is 0 Å². The van der Waals surface area contributed by atoms with Gasteiger partial charge in [-0.25, -0.2) is 4.31 Å². The third-order valence-corrected chi connectivity index (χ3v) is 4.91. The summed E-state index contributed by atoms with van der Waals surface area (Å²) in [5.41, 5.74) is 2.21. The van der Waals surface area contributed by atoms with E-state index < -0.39 is 10.2 Å². The molecule has 0 unspecified atom stereocenters. The Morgan fingerprint density at radius 2 is 1.95 bits per heavy atom. The Kier molecular flexibility index (Phi) is 6.13. The molecular formula is C15H23N3O3S. The van der Waals surface area contributed by atoms with Gasteiger partial charge in [0.05, 0.1) is 5.69 Å². The lowest BCUT2D eigenvalue weighted by Gasteiger charge is -2.28. The summed E-state index contributed by atoms with van der Waals surface area (Å²) < 4.78 is 27.3. The maximum Gasteiger partial charge on any atom is 0.304 e. The second-order valence-electron chi connectivity index (χ2n) is 5.18. The summed E-state index contributed by atoms with van der Waals surface area (Å²) in [5, 5.41) is 2.60. The van der Waals surface area contributed by atoms with Gasteiger partial charge in [-0.05, 0) is 31.0 Å². The Morgan fingerprint density at radius 1 is 1.32 bits per heavy atom. The molecule has 1 amide bonds. The lowest BCUT2D eigenvalue weighted by molar-refractivity contribution is -0.119.